The Morgan fingerprint density at radius 3 is 2.61 bits per heavy atom. The molecule has 0 spiro atoms. The van der Waals surface area contributed by atoms with Gasteiger partial charge in [0.05, 0.1) is 19.3 Å². The molecule has 0 saturated carbocycles. The molecule has 0 aromatic carbocycles. The average molecular weight is 257 g/mol. The van der Waals surface area contributed by atoms with Gasteiger partial charge in [0.15, 0.2) is 0 Å². The first kappa shape index (κ1) is 15.4. The lowest BCUT2D eigenvalue weighted by molar-refractivity contribution is -0.123. The van der Waals surface area contributed by atoms with Crippen LogP contribution in [0.15, 0.2) is 0 Å². The Kier molecular flexibility index (Phi) is 6.05. The third-order valence-electron chi connectivity index (χ3n) is 3.50. The zero-order valence-corrected chi connectivity index (χ0v) is 11.9. The Balaban J connectivity index is 2.38. The second kappa shape index (κ2) is 7.07. The van der Waals surface area contributed by atoms with Crippen LogP contribution in [-0.4, -0.2) is 55.2 Å². The molecule has 0 aromatic rings. The molecule has 106 valence electrons. The van der Waals surface area contributed by atoms with E-state index in [4.69, 9.17) is 10.5 Å². The van der Waals surface area contributed by atoms with Crippen LogP contribution in [0.5, 0.6) is 0 Å². The number of morpholine rings is 1. The van der Waals surface area contributed by atoms with Gasteiger partial charge >= 0.3 is 0 Å². The van der Waals surface area contributed by atoms with Crippen LogP contribution in [0, 0.1) is 0 Å². The van der Waals surface area contributed by atoms with Crippen molar-refractivity contribution in [2.24, 2.45) is 5.73 Å². The largest absolute Gasteiger partial charge is 0.379 e. The molecule has 1 fully saturated rings. The van der Waals surface area contributed by atoms with E-state index in [0.29, 0.717) is 6.54 Å². The molecule has 5 nitrogen and oxygen atoms in total. The Labute approximate surface area is 110 Å². The molecule has 1 amide bonds. The summed E-state index contributed by atoms with van der Waals surface area (Å²) in [6.45, 7) is 10.3. The fraction of sp³-hybridized carbons (Fsp3) is 0.923. The zero-order chi connectivity index (χ0) is 13.6. The van der Waals surface area contributed by atoms with Crippen LogP contribution in [0.2, 0.25) is 0 Å². The minimum atomic E-state index is -0.379. The summed E-state index contributed by atoms with van der Waals surface area (Å²) in [7, 11) is 0. The summed E-state index contributed by atoms with van der Waals surface area (Å²) in [5.41, 5.74) is 5.74. The lowest BCUT2D eigenvalue weighted by Crippen LogP contribution is -2.56. The van der Waals surface area contributed by atoms with Crippen LogP contribution in [-0.2, 0) is 9.53 Å². The van der Waals surface area contributed by atoms with Crippen molar-refractivity contribution >= 4 is 5.91 Å². The smallest absolute Gasteiger partial charge is 0.236 e. The zero-order valence-electron chi connectivity index (χ0n) is 11.9. The van der Waals surface area contributed by atoms with Crippen LogP contribution in [0.1, 0.15) is 33.6 Å². The van der Waals surface area contributed by atoms with Crippen LogP contribution < -0.4 is 11.1 Å². The predicted molar refractivity (Wildman–Crippen MR) is 72.4 cm³/mol. The number of ether oxygens (including phenoxy) is 1. The maximum Gasteiger partial charge on any atom is 0.236 e. The van der Waals surface area contributed by atoms with E-state index in [1.54, 1.807) is 0 Å². The summed E-state index contributed by atoms with van der Waals surface area (Å²) >= 11 is 0. The summed E-state index contributed by atoms with van der Waals surface area (Å²) in [4.78, 5) is 14.1. The Morgan fingerprint density at radius 2 is 2.06 bits per heavy atom. The van der Waals surface area contributed by atoms with E-state index in [-0.39, 0.29) is 17.5 Å². The van der Waals surface area contributed by atoms with Gasteiger partial charge in [-0.2, -0.15) is 0 Å². The highest BCUT2D eigenvalue weighted by atomic mass is 16.5. The highest BCUT2D eigenvalue weighted by Crippen LogP contribution is 2.15. The summed E-state index contributed by atoms with van der Waals surface area (Å²) in [6.07, 6.45) is 1.67. The molecule has 0 aliphatic carbocycles. The number of carbonyl (C=O) groups excluding carboxylic acids is 1. The fourth-order valence-electron chi connectivity index (χ4n) is 2.16. The van der Waals surface area contributed by atoms with E-state index in [0.717, 1.165) is 39.1 Å². The Hall–Kier alpha value is -0.650. The molecule has 18 heavy (non-hydrogen) atoms. The quantitative estimate of drug-likeness (QED) is 0.720. The average Bonchev–Trinajstić information content (AvgIpc) is 2.37. The van der Waals surface area contributed by atoms with Crippen molar-refractivity contribution in [2.75, 3.05) is 32.8 Å². The molecule has 1 aliphatic rings. The predicted octanol–water partition coefficient (Wildman–Crippen LogP) is 0.341. The van der Waals surface area contributed by atoms with Crippen molar-refractivity contribution in [3.05, 3.63) is 0 Å². The van der Waals surface area contributed by atoms with E-state index in [2.05, 4.69) is 24.1 Å². The highest BCUT2D eigenvalue weighted by molar-refractivity contribution is 5.81. The van der Waals surface area contributed by atoms with Gasteiger partial charge in [0, 0.05) is 25.2 Å². The molecule has 0 bridgehead atoms. The van der Waals surface area contributed by atoms with Gasteiger partial charge < -0.3 is 15.8 Å². The number of amides is 1. The molecule has 0 aromatic heterocycles. The summed E-state index contributed by atoms with van der Waals surface area (Å²) in [6, 6.07) is -0.379. The van der Waals surface area contributed by atoms with Gasteiger partial charge in [0.25, 0.3) is 0 Å². The van der Waals surface area contributed by atoms with E-state index in [9.17, 15) is 4.79 Å². The second-order valence-corrected chi connectivity index (χ2v) is 5.52. The van der Waals surface area contributed by atoms with Gasteiger partial charge in [0.1, 0.15) is 0 Å². The molecule has 1 rings (SSSR count). The second-order valence-electron chi connectivity index (χ2n) is 5.52. The monoisotopic (exact) mass is 257 g/mol. The van der Waals surface area contributed by atoms with Crippen molar-refractivity contribution in [1.29, 1.82) is 0 Å². The minimum Gasteiger partial charge on any atom is -0.379 e. The topological polar surface area (TPSA) is 67.6 Å². The molecule has 1 atom stereocenters. The number of nitrogens with one attached hydrogen (secondary N) is 1. The number of rotatable bonds is 6. The Bertz CT molecular complexity index is 263. The van der Waals surface area contributed by atoms with E-state index >= 15 is 0 Å². The molecule has 1 saturated heterocycles. The Morgan fingerprint density at radius 1 is 1.44 bits per heavy atom. The third-order valence-corrected chi connectivity index (χ3v) is 3.50. The third kappa shape index (κ3) is 4.55. The summed E-state index contributed by atoms with van der Waals surface area (Å²) in [5.74, 6) is -0.0433. The van der Waals surface area contributed by atoms with Crippen LogP contribution in [0.4, 0.5) is 0 Å². The maximum atomic E-state index is 11.8. The van der Waals surface area contributed by atoms with Crippen molar-refractivity contribution in [3.63, 3.8) is 0 Å². The molecule has 3 N–H and O–H groups in total. The molecular formula is C13H27N3O2. The van der Waals surface area contributed by atoms with Crippen molar-refractivity contribution in [3.8, 4) is 0 Å². The lowest BCUT2D eigenvalue weighted by Gasteiger charge is -2.41. The van der Waals surface area contributed by atoms with Crippen LogP contribution >= 0.6 is 0 Å². The number of nitrogens with zero attached hydrogens (tertiary/aromatic N) is 1. The molecule has 1 aliphatic heterocycles. The van der Waals surface area contributed by atoms with Gasteiger partial charge in [-0.3, -0.25) is 9.69 Å². The molecule has 0 radical (unpaired) electrons. The molecular weight excluding hydrogens is 230 g/mol. The van der Waals surface area contributed by atoms with E-state index in [1.165, 1.54) is 0 Å². The van der Waals surface area contributed by atoms with Gasteiger partial charge in [-0.25, -0.2) is 0 Å². The van der Waals surface area contributed by atoms with Gasteiger partial charge in [-0.05, 0) is 20.3 Å². The van der Waals surface area contributed by atoms with Crippen LogP contribution in [0.3, 0.4) is 0 Å². The fourth-order valence-corrected chi connectivity index (χ4v) is 2.16. The first-order valence-electron chi connectivity index (χ1n) is 6.83. The standard InChI is InChI=1S/C13H27N3O2/c1-4-5-11(14)12(17)15-10-13(2,3)16-6-8-18-9-7-16/h11H,4-10,14H2,1-3H3,(H,15,17). The van der Waals surface area contributed by atoms with Crippen molar-refractivity contribution in [1.82, 2.24) is 10.2 Å². The maximum absolute atomic E-state index is 11.8. The van der Waals surface area contributed by atoms with Crippen LogP contribution in [0.25, 0.3) is 0 Å². The normalized spacial score (nSPS) is 19.6. The number of hydrogen-bond donors (Lipinski definition) is 2. The number of hydrogen-bond acceptors (Lipinski definition) is 4. The van der Waals surface area contributed by atoms with Gasteiger partial charge in [0.2, 0.25) is 5.91 Å². The van der Waals surface area contributed by atoms with Crippen molar-refractivity contribution < 1.29 is 9.53 Å². The first-order chi connectivity index (χ1) is 8.47. The summed E-state index contributed by atoms with van der Waals surface area (Å²) < 4.78 is 5.34. The SMILES string of the molecule is CCCC(N)C(=O)NCC(C)(C)N1CCOCC1. The van der Waals surface area contributed by atoms with Gasteiger partial charge in [-0.15, -0.1) is 0 Å². The summed E-state index contributed by atoms with van der Waals surface area (Å²) in [5, 5.41) is 2.96. The van der Waals surface area contributed by atoms with Crippen molar-refractivity contribution in [2.45, 2.75) is 45.2 Å². The molecule has 1 unspecified atom stereocenters. The van der Waals surface area contributed by atoms with Gasteiger partial charge in [-0.1, -0.05) is 13.3 Å². The van der Waals surface area contributed by atoms with E-state index in [1.807, 2.05) is 6.92 Å². The molecule has 5 heteroatoms. The van der Waals surface area contributed by atoms with E-state index < -0.39 is 0 Å². The lowest BCUT2D eigenvalue weighted by atomic mass is 10.0. The minimum absolute atomic E-state index is 0.0433. The first-order valence-corrected chi connectivity index (χ1v) is 6.83. The molecule has 1 heterocycles. The number of nitrogens with two attached hydrogens (primary N) is 1. The highest BCUT2D eigenvalue weighted by Gasteiger charge is 2.29. The number of carbonyl (C=O) groups is 1.